The molecule has 2 amide bonds. The molecule has 0 atom stereocenters. The highest BCUT2D eigenvalue weighted by Gasteiger charge is 2.44. The lowest BCUT2D eigenvalue weighted by atomic mass is 10.1. The van der Waals surface area contributed by atoms with Gasteiger partial charge in [-0.2, -0.15) is 4.31 Å². The number of nitro benzene ring substituents is 1. The summed E-state index contributed by atoms with van der Waals surface area (Å²) in [5, 5.41) is 10.6. The molecule has 2 aromatic carbocycles. The summed E-state index contributed by atoms with van der Waals surface area (Å²) in [5.41, 5.74) is -0.738. The van der Waals surface area contributed by atoms with E-state index in [1.807, 2.05) is 0 Å². The number of hydrogen-bond donors (Lipinski definition) is 0. The number of halogens is 1. The summed E-state index contributed by atoms with van der Waals surface area (Å²) in [7, 11) is -4.61. The quantitative estimate of drug-likeness (QED) is 0.467. The highest BCUT2D eigenvalue weighted by Crippen LogP contribution is 2.32. The maximum Gasteiger partial charge on any atom is 0.289 e. The van der Waals surface area contributed by atoms with Gasteiger partial charge in [0.25, 0.3) is 27.5 Å². The Balaban J connectivity index is 2.14. The van der Waals surface area contributed by atoms with Gasteiger partial charge in [0.1, 0.15) is 5.02 Å². The number of fused-ring (bicyclic) bond motifs is 1. The van der Waals surface area contributed by atoms with Gasteiger partial charge in [0.05, 0.1) is 20.9 Å². The number of carbonyl (C=O) groups is 2. The van der Waals surface area contributed by atoms with Crippen molar-refractivity contribution in [2.75, 3.05) is 0 Å². The summed E-state index contributed by atoms with van der Waals surface area (Å²) in [5.74, 6) is -2.01. The molecule has 1 aliphatic rings. The third kappa shape index (κ3) is 2.25. The summed E-state index contributed by atoms with van der Waals surface area (Å²) in [4.78, 5) is 34.0. The van der Waals surface area contributed by atoms with Gasteiger partial charge in [0.15, 0.2) is 0 Å². The highest BCUT2D eigenvalue weighted by atomic mass is 35.5. The SMILES string of the molecule is O=C1c2ccccc2C(=O)N1S(=O)(=O)c1ccc(Cl)c([N+](=O)[O-])c1. The van der Waals surface area contributed by atoms with E-state index < -0.39 is 37.3 Å². The fraction of sp³-hybridized carbons (Fsp3) is 0. The van der Waals surface area contributed by atoms with Gasteiger partial charge in [-0.05, 0) is 24.3 Å². The standard InChI is InChI=1S/C14H7ClN2O6S/c15-11-6-5-8(7-12(11)17(20)21)24(22,23)16-13(18)9-3-1-2-4-10(9)14(16)19/h1-7H. The molecule has 10 heteroatoms. The van der Waals surface area contributed by atoms with E-state index in [1.54, 1.807) is 0 Å². The number of imide groups is 1. The van der Waals surface area contributed by atoms with Crippen LogP contribution in [-0.2, 0) is 10.0 Å². The first-order chi connectivity index (χ1) is 11.2. The van der Waals surface area contributed by atoms with E-state index >= 15 is 0 Å². The molecule has 0 spiro atoms. The van der Waals surface area contributed by atoms with Crippen molar-refractivity contribution in [2.24, 2.45) is 0 Å². The minimum atomic E-state index is -4.61. The Bertz CT molecular complexity index is 983. The third-order valence-corrected chi connectivity index (χ3v) is 5.39. The first-order valence-electron chi connectivity index (χ1n) is 6.42. The van der Waals surface area contributed by atoms with Crippen LogP contribution in [0.5, 0.6) is 0 Å². The Morgan fingerprint density at radius 2 is 1.54 bits per heavy atom. The van der Waals surface area contributed by atoms with Crippen LogP contribution in [0.3, 0.4) is 0 Å². The van der Waals surface area contributed by atoms with E-state index in [2.05, 4.69) is 0 Å². The second kappa shape index (κ2) is 5.39. The molecule has 0 fully saturated rings. The van der Waals surface area contributed by atoms with E-state index in [0.29, 0.717) is 6.07 Å². The monoisotopic (exact) mass is 366 g/mol. The molecule has 0 aliphatic carbocycles. The highest BCUT2D eigenvalue weighted by molar-refractivity contribution is 7.90. The van der Waals surface area contributed by atoms with Gasteiger partial charge in [-0.15, -0.1) is 0 Å². The van der Waals surface area contributed by atoms with Crippen LogP contribution >= 0.6 is 11.6 Å². The van der Waals surface area contributed by atoms with Gasteiger partial charge in [-0.1, -0.05) is 23.7 Å². The summed E-state index contributed by atoms with van der Waals surface area (Å²) in [6, 6.07) is 8.37. The molecule has 1 heterocycles. The van der Waals surface area contributed by atoms with Crippen molar-refractivity contribution in [1.82, 2.24) is 4.31 Å². The number of nitro groups is 1. The third-order valence-electron chi connectivity index (χ3n) is 3.41. The molecule has 2 aromatic rings. The molecule has 0 unspecified atom stereocenters. The molecular formula is C14H7ClN2O6S. The first kappa shape index (κ1) is 16.1. The van der Waals surface area contributed by atoms with Crippen molar-refractivity contribution in [3.63, 3.8) is 0 Å². The minimum Gasteiger partial charge on any atom is -0.267 e. The maximum atomic E-state index is 12.6. The van der Waals surface area contributed by atoms with E-state index in [9.17, 15) is 28.1 Å². The Kier molecular flexibility index (Phi) is 3.61. The number of benzene rings is 2. The van der Waals surface area contributed by atoms with Crippen molar-refractivity contribution < 1.29 is 22.9 Å². The Morgan fingerprint density at radius 3 is 2.04 bits per heavy atom. The fourth-order valence-electron chi connectivity index (χ4n) is 2.28. The maximum absolute atomic E-state index is 12.6. The van der Waals surface area contributed by atoms with E-state index in [-0.39, 0.29) is 20.5 Å². The Morgan fingerprint density at radius 1 is 1.00 bits per heavy atom. The Hall–Kier alpha value is -2.78. The number of nitrogens with zero attached hydrogens (tertiary/aromatic N) is 2. The summed E-state index contributed by atoms with van der Waals surface area (Å²) in [6.45, 7) is 0. The average molecular weight is 367 g/mol. The molecule has 3 rings (SSSR count). The zero-order valence-electron chi connectivity index (χ0n) is 11.7. The molecule has 0 saturated carbocycles. The van der Waals surface area contributed by atoms with Crippen LogP contribution in [0, 0.1) is 10.1 Å². The lowest BCUT2D eigenvalue weighted by molar-refractivity contribution is -0.384. The number of hydrogen-bond acceptors (Lipinski definition) is 6. The second-order valence-electron chi connectivity index (χ2n) is 4.80. The van der Waals surface area contributed by atoms with Crippen LogP contribution in [0.15, 0.2) is 47.4 Å². The van der Waals surface area contributed by atoms with Crippen molar-refractivity contribution in [3.8, 4) is 0 Å². The van der Waals surface area contributed by atoms with Crippen molar-refractivity contribution >= 4 is 39.1 Å². The van der Waals surface area contributed by atoms with Crippen LogP contribution in [0.25, 0.3) is 0 Å². The topological polar surface area (TPSA) is 115 Å². The molecule has 0 N–H and O–H groups in total. The number of amides is 2. The van der Waals surface area contributed by atoms with Crippen molar-refractivity contribution in [2.45, 2.75) is 4.90 Å². The van der Waals surface area contributed by atoms with Crippen LogP contribution < -0.4 is 0 Å². The molecule has 24 heavy (non-hydrogen) atoms. The summed E-state index contributed by atoms with van der Waals surface area (Å²) >= 11 is 5.65. The zero-order chi connectivity index (χ0) is 17.6. The lowest BCUT2D eigenvalue weighted by Crippen LogP contribution is -2.36. The molecule has 1 aliphatic heterocycles. The minimum absolute atomic E-state index is 0.0467. The predicted octanol–water partition coefficient (Wildman–Crippen LogP) is 2.23. The summed E-state index contributed by atoms with van der Waals surface area (Å²) in [6.07, 6.45) is 0. The first-order valence-corrected chi connectivity index (χ1v) is 8.24. The lowest BCUT2D eigenvalue weighted by Gasteiger charge is -2.14. The van der Waals surface area contributed by atoms with Crippen LogP contribution in [0.4, 0.5) is 5.69 Å². The molecule has 122 valence electrons. The zero-order valence-corrected chi connectivity index (χ0v) is 13.2. The molecule has 0 radical (unpaired) electrons. The molecule has 8 nitrogen and oxygen atoms in total. The van der Waals surface area contributed by atoms with Gasteiger partial charge >= 0.3 is 0 Å². The van der Waals surface area contributed by atoms with Crippen molar-refractivity contribution in [1.29, 1.82) is 0 Å². The van der Waals surface area contributed by atoms with Gasteiger partial charge in [-0.3, -0.25) is 19.7 Å². The van der Waals surface area contributed by atoms with E-state index in [1.165, 1.54) is 24.3 Å². The predicted molar refractivity (Wildman–Crippen MR) is 82.2 cm³/mol. The summed E-state index contributed by atoms with van der Waals surface area (Å²) < 4.78 is 25.4. The second-order valence-corrected chi connectivity index (χ2v) is 6.99. The molecule has 0 aromatic heterocycles. The van der Waals surface area contributed by atoms with E-state index in [0.717, 1.165) is 12.1 Å². The van der Waals surface area contributed by atoms with Gasteiger partial charge in [0, 0.05) is 6.07 Å². The number of sulfonamides is 1. The molecule has 0 bridgehead atoms. The van der Waals surface area contributed by atoms with Gasteiger partial charge in [-0.25, -0.2) is 8.42 Å². The van der Waals surface area contributed by atoms with Gasteiger partial charge in [0.2, 0.25) is 0 Å². The fourth-order valence-corrected chi connectivity index (χ4v) is 3.81. The number of carbonyl (C=O) groups excluding carboxylic acids is 2. The molecular weight excluding hydrogens is 360 g/mol. The van der Waals surface area contributed by atoms with E-state index in [4.69, 9.17) is 11.6 Å². The molecule has 0 saturated heterocycles. The largest absolute Gasteiger partial charge is 0.289 e. The Labute approximate surface area is 140 Å². The smallest absolute Gasteiger partial charge is 0.267 e. The van der Waals surface area contributed by atoms with Crippen LogP contribution in [0.2, 0.25) is 5.02 Å². The van der Waals surface area contributed by atoms with Crippen molar-refractivity contribution in [3.05, 3.63) is 68.7 Å². The van der Waals surface area contributed by atoms with Gasteiger partial charge < -0.3 is 0 Å². The van der Waals surface area contributed by atoms with Crippen LogP contribution in [0.1, 0.15) is 20.7 Å². The normalized spacial score (nSPS) is 14.0. The average Bonchev–Trinajstić information content (AvgIpc) is 2.79. The van der Waals surface area contributed by atoms with Crippen LogP contribution in [-0.4, -0.2) is 29.5 Å². The number of rotatable bonds is 3.